The second-order valence-electron chi connectivity index (χ2n) is 7.70. The number of aromatic nitrogens is 3. The molecule has 5 nitrogen and oxygen atoms in total. The highest BCUT2D eigenvalue weighted by Gasteiger charge is 2.20. The molecule has 1 N–H and O–H groups in total. The molecule has 4 aromatic rings. The molecule has 5 heteroatoms. The lowest BCUT2D eigenvalue weighted by atomic mass is 10.0. The van der Waals surface area contributed by atoms with Crippen LogP contribution in [0.25, 0.3) is 16.8 Å². The number of aryl methyl sites for hydroxylation is 3. The first-order valence-corrected chi connectivity index (χ1v) is 10.2. The topological polar surface area (TPSA) is 59.3 Å². The molecular formula is C25H26N4O. The van der Waals surface area contributed by atoms with Crippen LogP contribution in [0.3, 0.4) is 0 Å². The van der Waals surface area contributed by atoms with Gasteiger partial charge in [-0.1, -0.05) is 60.7 Å². The van der Waals surface area contributed by atoms with Crippen LogP contribution in [0, 0.1) is 20.8 Å². The van der Waals surface area contributed by atoms with Crippen molar-refractivity contribution in [1.29, 1.82) is 0 Å². The highest BCUT2D eigenvalue weighted by molar-refractivity contribution is 5.82. The molecule has 0 unspecified atom stereocenters. The van der Waals surface area contributed by atoms with Crippen molar-refractivity contribution in [2.24, 2.45) is 0 Å². The normalized spacial score (nSPS) is 12.1. The molecule has 0 bridgehead atoms. The Labute approximate surface area is 176 Å². The summed E-state index contributed by atoms with van der Waals surface area (Å²) < 4.78 is 1.87. The van der Waals surface area contributed by atoms with Crippen LogP contribution in [0.1, 0.15) is 41.2 Å². The number of carbonyl (C=O) groups excluding carboxylic acids is 1. The number of fused-ring (bicyclic) bond motifs is 1. The van der Waals surface area contributed by atoms with Gasteiger partial charge in [-0.05, 0) is 38.8 Å². The smallest absolute Gasteiger partial charge is 0.225 e. The van der Waals surface area contributed by atoms with Gasteiger partial charge in [-0.25, -0.2) is 9.50 Å². The number of carbonyl (C=O) groups is 1. The first-order chi connectivity index (χ1) is 14.5. The molecule has 0 aliphatic heterocycles. The quantitative estimate of drug-likeness (QED) is 0.528. The van der Waals surface area contributed by atoms with Crippen molar-refractivity contribution in [3.8, 4) is 11.1 Å². The van der Waals surface area contributed by atoms with Gasteiger partial charge in [0, 0.05) is 22.5 Å². The lowest BCUT2D eigenvalue weighted by Crippen LogP contribution is -2.29. The second-order valence-corrected chi connectivity index (χ2v) is 7.70. The Morgan fingerprint density at radius 1 is 0.967 bits per heavy atom. The Hall–Kier alpha value is -3.47. The van der Waals surface area contributed by atoms with E-state index >= 15 is 0 Å². The minimum absolute atomic E-state index is 0.0223. The Morgan fingerprint density at radius 2 is 1.60 bits per heavy atom. The maximum atomic E-state index is 12.8. The Morgan fingerprint density at radius 3 is 2.27 bits per heavy atom. The summed E-state index contributed by atoms with van der Waals surface area (Å²) in [5, 5.41) is 7.82. The van der Waals surface area contributed by atoms with E-state index in [1.54, 1.807) is 0 Å². The number of hydrogen-bond donors (Lipinski definition) is 1. The average Bonchev–Trinajstić information content (AvgIpc) is 3.08. The molecule has 0 aliphatic rings. The molecule has 2 heterocycles. The van der Waals surface area contributed by atoms with E-state index in [1.807, 2.05) is 80.7 Å². The number of rotatable bonds is 5. The molecule has 2 aromatic carbocycles. The third-order valence-corrected chi connectivity index (χ3v) is 5.58. The molecule has 1 amide bonds. The number of amides is 1. The molecule has 0 fully saturated rings. The van der Waals surface area contributed by atoms with Gasteiger partial charge in [0.1, 0.15) is 0 Å². The van der Waals surface area contributed by atoms with E-state index in [1.165, 1.54) is 0 Å². The fourth-order valence-corrected chi connectivity index (χ4v) is 3.94. The standard InChI is InChI=1S/C25H26N4O/c1-16(20-11-7-5-8-12-20)26-23(30)15-22-17(2)27-25-24(21-13-9-6-10-14-21)18(3)28-29(25)19(22)4/h5-14,16H,15H2,1-4H3,(H,26,30)/t16-/m1/s1. The van der Waals surface area contributed by atoms with Gasteiger partial charge in [0.15, 0.2) is 5.65 Å². The van der Waals surface area contributed by atoms with Gasteiger partial charge in [0.05, 0.1) is 18.2 Å². The summed E-state index contributed by atoms with van der Waals surface area (Å²) >= 11 is 0. The molecule has 0 saturated carbocycles. The van der Waals surface area contributed by atoms with Crippen molar-refractivity contribution >= 4 is 11.6 Å². The van der Waals surface area contributed by atoms with Crippen molar-refractivity contribution in [3.63, 3.8) is 0 Å². The molecule has 1 atom stereocenters. The predicted octanol–water partition coefficient (Wildman–Crippen LogP) is 4.74. The minimum Gasteiger partial charge on any atom is -0.349 e. The highest BCUT2D eigenvalue weighted by atomic mass is 16.1. The maximum absolute atomic E-state index is 12.8. The van der Waals surface area contributed by atoms with E-state index in [2.05, 4.69) is 17.4 Å². The van der Waals surface area contributed by atoms with Crippen LogP contribution in [0.4, 0.5) is 0 Å². The van der Waals surface area contributed by atoms with E-state index in [4.69, 9.17) is 10.1 Å². The number of hydrogen-bond acceptors (Lipinski definition) is 3. The first kappa shape index (κ1) is 19.8. The van der Waals surface area contributed by atoms with E-state index in [-0.39, 0.29) is 18.4 Å². The zero-order chi connectivity index (χ0) is 21.3. The minimum atomic E-state index is -0.0485. The Balaban J connectivity index is 1.65. The molecule has 0 radical (unpaired) electrons. The molecule has 0 saturated heterocycles. The summed E-state index contributed by atoms with van der Waals surface area (Å²) in [7, 11) is 0. The van der Waals surface area contributed by atoms with Crippen LogP contribution in [0.2, 0.25) is 0 Å². The zero-order valence-electron chi connectivity index (χ0n) is 17.8. The number of nitrogens with zero attached hydrogens (tertiary/aromatic N) is 3. The monoisotopic (exact) mass is 398 g/mol. The van der Waals surface area contributed by atoms with Crippen molar-refractivity contribution in [3.05, 3.63) is 88.9 Å². The van der Waals surface area contributed by atoms with Gasteiger partial charge in [-0.3, -0.25) is 4.79 Å². The molecular weight excluding hydrogens is 372 g/mol. The van der Waals surface area contributed by atoms with Gasteiger partial charge >= 0.3 is 0 Å². The highest BCUT2D eigenvalue weighted by Crippen LogP contribution is 2.29. The van der Waals surface area contributed by atoms with Crippen molar-refractivity contribution in [2.45, 2.75) is 40.2 Å². The van der Waals surface area contributed by atoms with Gasteiger partial charge in [0.25, 0.3) is 0 Å². The van der Waals surface area contributed by atoms with E-state index in [0.29, 0.717) is 0 Å². The third kappa shape index (κ3) is 3.71. The largest absolute Gasteiger partial charge is 0.349 e. The summed E-state index contributed by atoms with van der Waals surface area (Å²) in [6, 6.07) is 20.1. The van der Waals surface area contributed by atoms with Gasteiger partial charge in [-0.2, -0.15) is 5.10 Å². The molecule has 4 rings (SSSR count). The zero-order valence-corrected chi connectivity index (χ0v) is 17.8. The average molecular weight is 399 g/mol. The van der Waals surface area contributed by atoms with Crippen LogP contribution in [0.15, 0.2) is 60.7 Å². The number of nitrogens with one attached hydrogen (secondary N) is 1. The third-order valence-electron chi connectivity index (χ3n) is 5.58. The molecule has 0 spiro atoms. The molecule has 30 heavy (non-hydrogen) atoms. The summed E-state index contributed by atoms with van der Waals surface area (Å²) in [6.45, 7) is 7.97. The van der Waals surface area contributed by atoms with Crippen LogP contribution in [0.5, 0.6) is 0 Å². The van der Waals surface area contributed by atoms with Crippen LogP contribution < -0.4 is 5.32 Å². The predicted molar refractivity (Wildman–Crippen MR) is 119 cm³/mol. The van der Waals surface area contributed by atoms with Crippen molar-refractivity contribution in [1.82, 2.24) is 19.9 Å². The summed E-state index contributed by atoms with van der Waals surface area (Å²) in [5.41, 5.74) is 7.70. The number of benzene rings is 2. The fourth-order valence-electron chi connectivity index (χ4n) is 3.94. The molecule has 0 aliphatic carbocycles. The fraction of sp³-hybridized carbons (Fsp3) is 0.240. The second kappa shape index (κ2) is 8.11. The SMILES string of the molecule is Cc1nc2c(-c3ccccc3)c(C)nn2c(C)c1CC(=O)N[C@H](C)c1ccccc1. The maximum Gasteiger partial charge on any atom is 0.225 e. The van der Waals surface area contributed by atoms with Crippen LogP contribution >= 0.6 is 0 Å². The molecule has 2 aromatic heterocycles. The van der Waals surface area contributed by atoms with Gasteiger partial charge < -0.3 is 5.32 Å². The van der Waals surface area contributed by atoms with E-state index in [0.717, 1.165) is 45.0 Å². The van der Waals surface area contributed by atoms with E-state index in [9.17, 15) is 4.79 Å². The van der Waals surface area contributed by atoms with Crippen molar-refractivity contribution in [2.75, 3.05) is 0 Å². The molecule has 152 valence electrons. The Bertz CT molecular complexity index is 1200. The summed E-state index contributed by atoms with van der Waals surface area (Å²) in [6.07, 6.45) is 0.275. The summed E-state index contributed by atoms with van der Waals surface area (Å²) in [4.78, 5) is 17.6. The van der Waals surface area contributed by atoms with Crippen LogP contribution in [-0.4, -0.2) is 20.5 Å². The Kier molecular flexibility index (Phi) is 5.36. The van der Waals surface area contributed by atoms with Gasteiger partial charge in [0.2, 0.25) is 5.91 Å². The van der Waals surface area contributed by atoms with Gasteiger partial charge in [-0.15, -0.1) is 0 Å². The van der Waals surface area contributed by atoms with Crippen molar-refractivity contribution < 1.29 is 4.79 Å². The lowest BCUT2D eigenvalue weighted by molar-refractivity contribution is -0.121. The summed E-state index contributed by atoms with van der Waals surface area (Å²) in [5.74, 6) is -0.0223. The van der Waals surface area contributed by atoms with Crippen LogP contribution in [-0.2, 0) is 11.2 Å². The lowest BCUT2D eigenvalue weighted by Gasteiger charge is -2.16. The first-order valence-electron chi connectivity index (χ1n) is 10.2. The van der Waals surface area contributed by atoms with E-state index < -0.39 is 0 Å².